The first-order valence-corrected chi connectivity index (χ1v) is 9.51. The van der Waals surface area contributed by atoms with Gasteiger partial charge in [0.2, 0.25) is 0 Å². The number of nitrogens with zero attached hydrogens (tertiary/aromatic N) is 3. The van der Waals surface area contributed by atoms with Crippen LogP contribution in [0.5, 0.6) is 11.8 Å². The van der Waals surface area contributed by atoms with E-state index in [-0.39, 0.29) is 31.1 Å². The predicted molar refractivity (Wildman–Crippen MR) is 107 cm³/mol. The molecule has 0 bridgehead atoms. The molecule has 0 saturated heterocycles. The molecule has 1 atom stereocenters. The van der Waals surface area contributed by atoms with Gasteiger partial charge >= 0.3 is 11.8 Å². The van der Waals surface area contributed by atoms with Crippen molar-refractivity contribution in [3.05, 3.63) is 70.4 Å². The first-order chi connectivity index (χ1) is 14.6. The van der Waals surface area contributed by atoms with Crippen molar-refractivity contribution in [3.63, 3.8) is 0 Å². The maximum atomic E-state index is 10.8. The van der Waals surface area contributed by atoms with Gasteiger partial charge in [-0.05, 0) is 33.7 Å². The van der Waals surface area contributed by atoms with Crippen LogP contribution in [0, 0.1) is 10.1 Å². The van der Waals surface area contributed by atoms with Crippen molar-refractivity contribution in [2.24, 2.45) is 0 Å². The van der Waals surface area contributed by atoms with Crippen LogP contribution in [-0.2, 0) is 17.9 Å². The normalized spacial score (nSPS) is 15.3. The lowest BCUT2D eigenvalue weighted by molar-refractivity contribution is -0.389. The number of imidazole rings is 1. The molecule has 0 amide bonds. The zero-order valence-electron chi connectivity index (χ0n) is 16.1. The Balaban J connectivity index is 1.34. The van der Waals surface area contributed by atoms with E-state index in [1.807, 2.05) is 48.5 Å². The van der Waals surface area contributed by atoms with E-state index < -0.39 is 4.92 Å². The number of ether oxygens (including phenoxy) is 3. The van der Waals surface area contributed by atoms with E-state index in [4.69, 9.17) is 19.3 Å². The lowest BCUT2D eigenvalue weighted by Gasteiger charge is -2.22. The van der Waals surface area contributed by atoms with Crippen LogP contribution in [0.2, 0.25) is 0 Å². The quantitative estimate of drug-likeness (QED) is 0.448. The average Bonchev–Trinajstić information content (AvgIpc) is 3.21. The van der Waals surface area contributed by atoms with Crippen molar-refractivity contribution in [1.82, 2.24) is 9.55 Å². The average molecular weight is 411 g/mol. The lowest BCUT2D eigenvalue weighted by atomic mass is 10.0. The Kier molecular flexibility index (Phi) is 5.92. The zero-order valence-corrected chi connectivity index (χ0v) is 16.1. The van der Waals surface area contributed by atoms with Gasteiger partial charge in [-0.1, -0.05) is 36.4 Å². The molecule has 4 rings (SSSR count). The van der Waals surface area contributed by atoms with Gasteiger partial charge in [-0.15, -0.1) is 0 Å². The molecule has 1 N–H and O–H groups in total. The second-order valence-corrected chi connectivity index (χ2v) is 6.83. The zero-order chi connectivity index (χ0) is 20.9. The molecule has 1 aliphatic heterocycles. The maximum Gasteiger partial charge on any atom is 0.414 e. The minimum atomic E-state index is -0.541. The van der Waals surface area contributed by atoms with E-state index in [1.165, 1.54) is 6.20 Å². The van der Waals surface area contributed by atoms with E-state index in [0.29, 0.717) is 25.5 Å². The van der Waals surface area contributed by atoms with Gasteiger partial charge in [0.25, 0.3) is 0 Å². The summed E-state index contributed by atoms with van der Waals surface area (Å²) in [5.74, 6) is 0.484. The van der Waals surface area contributed by atoms with Gasteiger partial charge in [-0.3, -0.25) is 4.57 Å². The van der Waals surface area contributed by atoms with Crippen LogP contribution in [-0.4, -0.2) is 45.5 Å². The molecule has 0 spiro atoms. The summed E-state index contributed by atoms with van der Waals surface area (Å²) in [6.07, 6.45) is 1.14. The van der Waals surface area contributed by atoms with E-state index in [1.54, 1.807) is 4.57 Å². The molecule has 30 heavy (non-hydrogen) atoms. The monoisotopic (exact) mass is 411 g/mol. The number of fused-ring (bicyclic) bond motifs is 1. The Labute approximate surface area is 172 Å². The number of nitro groups is 1. The Morgan fingerprint density at radius 3 is 2.83 bits per heavy atom. The molecule has 0 unspecified atom stereocenters. The van der Waals surface area contributed by atoms with Gasteiger partial charge in [0.15, 0.2) is 0 Å². The van der Waals surface area contributed by atoms with E-state index in [9.17, 15) is 10.1 Å². The third kappa shape index (κ3) is 4.58. The Morgan fingerprint density at radius 1 is 1.23 bits per heavy atom. The van der Waals surface area contributed by atoms with Crippen LogP contribution in [0.4, 0.5) is 5.82 Å². The molecule has 2 heterocycles. The number of benzene rings is 2. The van der Waals surface area contributed by atoms with Crippen LogP contribution in [0.15, 0.2) is 54.7 Å². The number of aliphatic hydroxyl groups is 1. The van der Waals surface area contributed by atoms with Gasteiger partial charge < -0.3 is 29.4 Å². The maximum absolute atomic E-state index is 10.8. The third-order valence-electron chi connectivity index (χ3n) is 4.68. The van der Waals surface area contributed by atoms with Crippen LogP contribution < -0.4 is 9.47 Å². The van der Waals surface area contributed by atoms with Crippen molar-refractivity contribution >= 4 is 5.82 Å². The van der Waals surface area contributed by atoms with E-state index >= 15 is 0 Å². The summed E-state index contributed by atoms with van der Waals surface area (Å²) in [7, 11) is 0. The number of aromatic nitrogens is 2. The smallest absolute Gasteiger partial charge is 0.414 e. The molecule has 9 heteroatoms. The predicted octanol–water partition coefficient (Wildman–Crippen LogP) is 2.81. The number of rotatable bonds is 8. The SMILES string of the molecule is O=[N+]([O-])c1cn2c(n1)OC[C@@H](OCc1ccc(-c3cccc(OCCO)c3)cc1)C2. The summed E-state index contributed by atoms with van der Waals surface area (Å²) in [5, 5.41) is 19.7. The highest BCUT2D eigenvalue weighted by molar-refractivity contribution is 5.65. The van der Waals surface area contributed by atoms with E-state index in [0.717, 1.165) is 16.7 Å². The molecular weight excluding hydrogens is 390 g/mol. The first kappa shape index (κ1) is 19.9. The van der Waals surface area contributed by atoms with Crippen molar-refractivity contribution in [3.8, 4) is 22.9 Å². The second kappa shape index (κ2) is 8.93. The summed E-state index contributed by atoms with van der Waals surface area (Å²) in [5.41, 5.74) is 3.08. The first-order valence-electron chi connectivity index (χ1n) is 9.51. The van der Waals surface area contributed by atoms with Crippen LogP contribution in [0.25, 0.3) is 11.1 Å². The fraction of sp³-hybridized carbons (Fsp3) is 0.286. The molecule has 156 valence electrons. The second-order valence-electron chi connectivity index (χ2n) is 6.83. The van der Waals surface area contributed by atoms with E-state index in [2.05, 4.69) is 4.98 Å². The van der Waals surface area contributed by atoms with Gasteiger partial charge in [0.1, 0.15) is 31.3 Å². The highest BCUT2D eigenvalue weighted by atomic mass is 16.6. The standard InChI is InChI=1S/C21H21N3O6/c25-8-9-28-18-3-1-2-17(10-18)16-6-4-15(5-7-16)13-29-19-11-23-12-20(24(26)27)22-21(23)30-14-19/h1-7,10,12,19,25H,8-9,11,13-14H2/t19-/m0/s1. The summed E-state index contributed by atoms with van der Waals surface area (Å²) < 4.78 is 18.4. The summed E-state index contributed by atoms with van der Waals surface area (Å²) in [6.45, 7) is 1.39. The van der Waals surface area contributed by atoms with Gasteiger partial charge in [0, 0.05) is 4.98 Å². The fourth-order valence-electron chi connectivity index (χ4n) is 3.20. The molecule has 0 fully saturated rings. The molecule has 2 aromatic carbocycles. The van der Waals surface area contributed by atoms with Crippen molar-refractivity contribution in [1.29, 1.82) is 0 Å². The highest BCUT2D eigenvalue weighted by Crippen LogP contribution is 2.25. The van der Waals surface area contributed by atoms with Crippen molar-refractivity contribution < 1.29 is 24.2 Å². The molecule has 0 saturated carbocycles. The van der Waals surface area contributed by atoms with Crippen LogP contribution >= 0.6 is 0 Å². The summed E-state index contributed by atoms with van der Waals surface area (Å²) in [6, 6.07) is 16.0. The summed E-state index contributed by atoms with van der Waals surface area (Å²) >= 11 is 0. The molecule has 0 radical (unpaired) electrons. The lowest BCUT2D eigenvalue weighted by Crippen LogP contribution is -2.32. The third-order valence-corrected chi connectivity index (χ3v) is 4.68. The molecule has 1 aliphatic rings. The molecule has 9 nitrogen and oxygen atoms in total. The molecule has 1 aromatic heterocycles. The van der Waals surface area contributed by atoms with Crippen molar-refractivity contribution in [2.75, 3.05) is 19.8 Å². The fourth-order valence-corrected chi connectivity index (χ4v) is 3.20. The largest absolute Gasteiger partial charge is 0.491 e. The Bertz CT molecular complexity index is 1020. The minimum Gasteiger partial charge on any atom is -0.491 e. The minimum absolute atomic E-state index is 0.0238. The van der Waals surface area contributed by atoms with Gasteiger partial charge in [-0.25, -0.2) is 0 Å². The number of aliphatic hydroxyl groups excluding tert-OH is 1. The van der Waals surface area contributed by atoms with Gasteiger partial charge in [-0.2, -0.15) is 0 Å². The molecule has 3 aromatic rings. The Hall–Kier alpha value is -3.43. The summed E-state index contributed by atoms with van der Waals surface area (Å²) in [4.78, 5) is 14.1. The van der Waals surface area contributed by atoms with Crippen LogP contribution in [0.1, 0.15) is 5.56 Å². The topological polar surface area (TPSA) is 109 Å². The number of hydrogen-bond donors (Lipinski definition) is 1. The highest BCUT2D eigenvalue weighted by Gasteiger charge is 2.28. The Morgan fingerprint density at radius 2 is 2.07 bits per heavy atom. The number of hydrogen-bond acceptors (Lipinski definition) is 7. The molecule has 0 aliphatic carbocycles. The van der Waals surface area contributed by atoms with Gasteiger partial charge in [0.05, 0.1) is 19.8 Å². The van der Waals surface area contributed by atoms with Crippen molar-refractivity contribution in [2.45, 2.75) is 19.3 Å². The molecular formula is C21H21N3O6. The van der Waals surface area contributed by atoms with Crippen LogP contribution in [0.3, 0.4) is 0 Å².